The fraction of sp³-hybridized carbons (Fsp3) is 0.733. The van der Waals surface area contributed by atoms with Crippen LogP contribution in [0.2, 0.25) is 0 Å². The lowest BCUT2D eigenvalue weighted by atomic mass is 10.2. The molecule has 1 aliphatic heterocycles. The number of likely N-dealkylation sites (N-methyl/N-ethyl adjacent to an activating group) is 1. The second kappa shape index (κ2) is 7.60. The maximum absolute atomic E-state index is 11.7. The standard InChI is InChI=1S/C15H26N4O3/c1-4-7-16-14(17-11-13(20)19(2)3)18-12-5-6-15(10-12)21-8-9-22-15/h4,12H,1,5-11H2,2-3H3,(H2,16,17,18). The summed E-state index contributed by atoms with van der Waals surface area (Å²) in [6, 6.07) is 0.226. The van der Waals surface area contributed by atoms with Gasteiger partial charge in [-0.3, -0.25) is 4.79 Å². The Hall–Kier alpha value is -1.60. The van der Waals surface area contributed by atoms with Crippen LogP contribution in [0.5, 0.6) is 0 Å². The van der Waals surface area contributed by atoms with Crippen molar-refractivity contribution >= 4 is 11.9 Å². The Morgan fingerprint density at radius 2 is 2.18 bits per heavy atom. The number of rotatable bonds is 5. The first kappa shape index (κ1) is 16.8. The zero-order chi connectivity index (χ0) is 16.0. The van der Waals surface area contributed by atoms with Crippen molar-refractivity contribution in [2.24, 2.45) is 4.99 Å². The molecule has 2 aliphatic rings. The zero-order valence-corrected chi connectivity index (χ0v) is 13.4. The maximum Gasteiger partial charge on any atom is 0.243 e. The van der Waals surface area contributed by atoms with Crippen LogP contribution in [0.1, 0.15) is 19.3 Å². The first-order valence-electron chi connectivity index (χ1n) is 7.68. The lowest BCUT2D eigenvalue weighted by Crippen LogP contribution is -2.44. The monoisotopic (exact) mass is 310 g/mol. The van der Waals surface area contributed by atoms with Crippen LogP contribution < -0.4 is 10.6 Å². The summed E-state index contributed by atoms with van der Waals surface area (Å²) in [6.07, 6.45) is 4.39. The van der Waals surface area contributed by atoms with E-state index in [0.717, 1.165) is 19.3 Å². The molecule has 1 aliphatic carbocycles. The van der Waals surface area contributed by atoms with Crippen LogP contribution in [0.4, 0.5) is 0 Å². The summed E-state index contributed by atoms with van der Waals surface area (Å²) in [5, 5.41) is 6.49. The third kappa shape index (κ3) is 4.45. The third-order valence-corrected chi connectivity index (χ3v) is 3.87. The van der Waals surface area contributed by atoms with Crippen molar-refractivity contribution in [3.63, 3.8) is 0 Å². The Balaban J connectivity index is 1.90. The van der Waals surface area contributed by atoms with E-state index in [9.17, 15) is 4.79 Å². The fourth-order valence-corrected chi connectivity index (χ4v) is 2.66. The molecule has 1 saturated heterocycles. The number of carbonyl (C=O) groups is 1. The molecular formula is C15H26N4O3. The molecule has 0 aromatic rings. The number of ether oxygens (including phenoxy) is 2. The molecule has 7 heteroatoms. The molecule has 1 atom stereocenters. The van der Waals surface area contributed by atoms with E-state index in [-0.39, 0.29) is 18.5 Å². The number of hydrogen-bond acceptors (Lipinski definition) is 4. The van der Waals surface area contributed by atoms with Gasteiger partial charge < -0.3 is 25.0 Å². The van der Waals surface area contributed by atoms with Gasteiger partial charge in [-0.05, 0) is 6.42 Å². The van der Waals surface area contributed by atoms with Gasteiger partial charge in [0.25, 0.3) is 0 Å². The lowest BCUT2D eigenvalue weighted by Gasteiger charge is -2.22. The Morgan fingerprint density at radius 1 is 1.45 bits per heavy atom. The number of carbonyl (C=O) groups excluding carboxylic acids is 1. The molecule has 0 bridgehead atoms. The second-order valence-electron chi connectivity index (χ2n) is 5.81. The van der Waals surface area contributed by atoms with E-state index in [1.54, 1.807) is 20.2 Å². The molecule has 124 valence electrons. The van der Waals surface area contributed by atoms with Crippen molar-refractivity contribution in [3.8, 4) is 0 Å². The van der Waals surface area contributed by atoms with Gasteiger partial charge in [-0.2, -0.15) is 0 Å². The topological polar surface area (TPSA) is 75.2 Å². The van der Waals surface area contributed by atoms with Gasteiger partial charge in [0.05, 0.1) is 13.2 Å². The SMILES string of the molecule is C=CCNC(=NCC(=O)N(C)C)NC1CCC2(C1)OCCO2. The molecule has 1 amide bonds. The minimum absolute atomic E-state index is 0.0370. The average molecular weight is 310 g/mol. The molecule has 1 spiro atoms. The van der Waals surface area contributed by atoms with Crippen LogP contribution in [0.15, 0.2) is 17.6 Å². The highest BCUT2D eigenvalue weighted by molar-refractivity contribution is 5.85. The number of aliphatic imine (C=N–C) groups is 1. The predicted octanol–water partition coefficient (Wildman–Crippen LogP) is 0.0914. The first-order valence-corrected chi connectivity index (χ1v) is 7.68. The van der Waals surface area contributed by atoms with Gasteiger partial charge in [0.15, 0.2) is 11.7 Å². The Labute approximate surface area is 131 Å². The predicted molar refractivity (Wildman–Crippen MR) is 84.6 cm³/mol. The summed E-state index contributed by atoms with van der Waals surface area (Å²) in [6.45, 7) is 5.72. The Kier molecular flexibility index (Phi) is 5.79. The number of hydrogen-bond donors (Lipinski definition) is 2. The van der Waals surface area contributed by atoms with E-state index < -0.39 is 5.79 Å². The molecular weight excluding hydrogens is 284 g/mol. The number of nitrogens with zero attached hydrogens (tertiary/aromatic N) is 2. The van der Waals surface area contributed by atoms with E-state index >= 15 is 0 Å². The molecule has 22 heavy (non-hydrogen) atoms. The van der Waals surface area contributed by atoms with Gasteiger partial charge >= 0.3 is 0 Å². The van der Waals surface area contributed by atoms with Gasteiger partial charge in [0, 0.05) is 39.5 Å². The minimum Gasteiger partial charge on any atom is -0.353 e. The molecule has 2 N–H and O–H groups in total. The highest BCUT2D eigenvalue weighted by Gasteiger charge is 2.44. The van der Waals surface area contributed by atoms with Crippen molar-refractivity contribution in [3.05, 3.63) is 12.7 Å². The first-order chi connectivity index (χ1) is 10.5. The van der Waals surface area contributed by atoms with Crippen LogP contribution in [-0.4, -0.2) is 69.0 Å². The van der Waals surface area contributed by atoms with Crippen LogP contribution in [0, 0.1) is 0 Å². The molecule has 0 aromatic heterocycles. The van der Waals surface area contributed by atoms with Crippen molar-refractivity contribution in [1.82, 2.24) is 15.5 Å². The van der Waals surface area contributed by atoms with Crippen LogP contribution in [0.25, 0.3) is 0 Å². The van der Waals surface area contributed by atoms with E-state index in [4.69, 9.17) is 9.47 Å². The Morgan fingerprint density at radius 3 is 2.82 bits per heavy atom. The maximum atomic E-state index is 11.7. The molecule has 1 heterocycles. The second-order valence-corrected chi connectivity index (χ2v) is 5.81. The summed E-state index contributed by atoms with van der Waals surface area (Å²) < 4.78 is 11.4. The van der Waals surface area contributed by atoms with Crippen LogP contribution >= 0.6 is 0 Å². The van der Waals surface area contributed by atoms with E-state index in [1.165, 1.54) is 4.90 Å². The Bertz CT molecular complexity index is 431. The van der Waals surface area contributed by atoms with Crippen molar-refractivity contribution in [2.75, 3.05) is 40.4 Å². The molecule has 0 aromatic carbocycles. The number of amides is 1. The lowest BCUT2D eigenvalue weighted by molar-refractivity contribution is -0.151. The van der Waals surface area contributed by atoms with Crippen LogP contribution in [-0.2, 0) is 14.3 Å². The van der Waals surface area contributed by atoms with Gasteiger partial charge in [-0.25, -0.2) is 4.99 Å². The quantitative estimate of drug-likeness (QED) is 0.428. The molecule has 1 unspecified atom stereocenters. The molecule has 0 radical (unpaired) electrons. The third-order valence-electron chi connectivity index (χ3n) is 3.87. The fourth-order valence-electron chi connectivity index (χ4n) is 2.66. The van der Waals surface area contributed by atoms with E-state index in [1.807, 2.05) is 0 Å². The molecule has 1 saturated carbocycles. The molecule has 2 rings (SSSR count). The summed E-state index contributed by atoms with van der Waals surface area (Å²) >= 11 is 0. The number of guanidine groups is 1. The highest BCUT2D eigenvalue weighted by Crippen LogP contribution is 2.37. The smallest absolute Gasteiger partial charge is 0.243 e. The van der Waals surface area contributed by atoms with Crippen LogP contribution in [0.3, 0.4) is 0 Å². The van der Waals surface area contributed by atoms with Crippen molar-refractivity contribution < 1.29 is 14.3 Å². The summed E-state index contributed by atoms with van der Waals surface area (Å²) in [4.78, 5) is 17.5. The van der Waals surface area contributed by atoms with E-state index in [2.05, 4.69) is 22.2 Å². The van der Waals surface area contributed by atoms with Crippen molar-refractivity contribution in [1.29, 1.82) is 0 Å². The normalized spacial score (nSPS) is 23.5. The number of nitrogens with one attached hydrogen (secondary N) is 2. The minimum atomic E-state index is -0.416. The summed E-state index contributed by atoms with van der Waals surface area (Å²) in [5.74, 6) is 0.168. The van der Waals surface area contributed by atoms with Gasteiger partial charge in [0.1, 0.15) is 6.54 Å². The summed E-state index contributed by atoms with van der Waals surface area (Å²) in [5.41, 5.74) is 0. The molecule has 2 fully saturated rings. The zero-order valence-electron chi connectivity index (χ0n) is 13.4. The molecule has 7 nitrogen and oxygen atoms in total. The van der Waals surface area contributed by atoms with Gasteiger partial charge in [-0.15, -0.1) is 6.58 Å². The van der Waals surface area contributed by atoms with Gasteiger partial charge in [0.2, 0.25) is 5.91 Å². The van der Waals surface area contributed by atoms with E-state index in [0.29, 0.717) is 25.7 Å². The average Bonchev–Trinajstić information content (AvgIpc) is 3.12. The van der Waals surface area contributed by atoms with Crippen molar-refractivity contribution in [2.45, 2.75) is 31.1 Å². The summed E-state index contributed by atoms with van der Waals surface area (Å²) in [7, 11) is 3.44. The largest absolute Gasteiger partial charge is 0.353 e. The van der Waals surface area contributed by atoms with Gasteiger partial charge in [-0.1, -0.05) is 6.08 Å². The highest BCUT2D eigenvalue weighted by atomic mass is 16.7.